The summed E-state index contributed by atoms with van der Waals surface area (Å²) in [6.45, 7) is 1.91. The van der Waals surface area contributed by atoms with Crippen LogP contribution in [0, 0.1) is 5.82 Å². The van der Waals surface area contributed by atoms with Crippen LogP contribution in [-0.4, -0.2) is 27.8 Å². The molecule has 128 valence electrons. The maximum absolute atomic E-state index is 13.5. The molecule has 0 bridgehead atoms. The number of amides is 1. The number of rotatable bonds is 4. The first kappa shape index (κ1) is 16.7. The van der Waals surface area contributed by atoms with E-state index in [1.165, 1.54) is 18.2 Å². The van der Waals surface area contributed by atoms with E-state index in [4.69, 9.17) is 5.73 Å². The molecule has 6 heteroatoms. The maximum atomic E-state index is 13.5. The third kappa shape index (κ3) is 3.52. The van der Waals surface area contributed by atoms with Crippen molar-refractivity contribution in [3.05, 3.63) is 65.7 Å². The van der Waals surface area contributed by atoms with Gasteiger partial charge in [0.05, 0.1) is 6.04 Å². The van der Waals surface area contributed by atoms with Gasteiger partial charge in [-0.05, 0) is 54.5 Å². The van der Waals surface area contributed by atoms with Crippen molar-refractivity contribution in [2.24, 2.45) is 0 Å². The Hall–Kier alpha value is -3.15. The van der Waals surface area contributed by atoms with E-state index in [9.17, 15) is 9.18 Å². The summed E-state index contributed by atoms with van der Waals surface area (Å²) in [6.07, 6.45) is 6.59. The van der Waals surface area contributed by atoms with Gasteiger partial charge in [0, 0.05) is 36.4 Å². The minimum Gasteiger partial charge on any atom is -0.384 e. The number of anilines is 1. The number of nitrogens with one attached hydrogen (secondary N) is 1. The van der Waals surface area contributed by atoms with Crippen LogP contribution >= 0.6 is 0 Å². The van der Waals surface area contributed by atoms with Crippen molar-refractivity contribution in [2.45, 2.75) is 13.0 Å². The summed E-state index contributed by atoms with van der Waals surface area (Å²) in [4.78, 5) is 21.1. The molecule has 0 aliphatic carbocycles. The van der Waals surface area contributed by atoms with Crippen LogP contribution < -0.4 is 5.73 Å². The largest absolute Gasteiger partial charge is 0.384 e. The highest BCUT2D eigenvalue weighted by Crippen LogP contribution is 2.28. The van der Waals surface area contributed by atoms with Gasteiger partial charge in [-0.25, -0.2) is 9.37 Å². The fourth-order valence-electron chi connectivity index (χ4n) is 2.66. The predicted molar refractivity (Wildman–Crippen MR) is 97.1 cm³/mol. The van der Waals surface area contributed by atoms with Crippen molar-refractivity contribution >= 4 is 28.7 Å². The van der Waals surface area contributed by atoms with Crippen molar-refractivity contribution in [1.82, 2.24) is 14.9 Å². The van der Waals surface area contributed by atoms with E-state index in [2.05, 4.69) is 9.97 Å². The van der Waals surface area contributed by atoms with E-state index in [1.807, 2.05) is 13.1 Å². The molecule has 5 nitrogen and oxygen atoms in total. The second-order valence-electron chi connectivity index (χ2n) is 5.91. The molecular weight excluding hydrogens is 319 g/mol. The Labute approximate surface area is 145 Å². The molecule has 2 aromatic heterocycles. The number of aromatic amines is 1. The molecule has 0 radical (unpaired) electrons. The van der Waals surface area contributed by atoms with Gasteiger partial charge >= 0.3 is 0 Å². The van der Waals surface area contributed by atoms with Crippen molar-refractivity contribution in [1.29, 1.82) is 0 Å². The average Bonchev–Trinajstić information content (AvgIpc) is 3.02. The molecule has 3 aromatic rings. The molecule has 0 saturated carbocycles. The molecule has 3 rings (SSSR count). The first-order valence-electron chi connectivity index (χ1n) is 7.88. The third-order valence-corrected chi connectivity index (χ3v) is 4.28. The number of H-pyrrole nitrogens is 1. The number of fused-ring (bicyclic) bond motifs is 1. The Bertz CT molecular complexity index is 930. The van der Waals surface area contributed by atoms with Gasteiger partial charge in [-0.15, -0.1) is 0 Å². The van der Waals surface area contributed by atoms with Gasteiger partial charge < -0.3 is 15.6 Å². The molecule has 0 spiro atoms. The predicted octanol–water partition coefficient (Wildman–Crippen LogP) is 3.52. The van der Waals surface area contributed by atoms with Crippen LogP contribution in [0.3, 0.4) is 0 Å². The summed E-state index contributed by atoms with van der Waals surface area (Å²) >= 11 is 0. The number of pyridine rings is 1. The van der Waals surface area contributed by atoms with Crippen LogP contribution in [0.2, 0.25) is 0 Å². The van der Waals surface area contributed by atoms with Crippen LogP contribution in [0.4, 0.5) is 10.2 Å². The molecule has 1 amide bonds. The highest BCUT2D eigenvalue weighted by molar-refractivity contribution is 5.92. The van der Waals surface area contributed by atoms with Gasteiger partial charge in [0.15, 0.2) is 0 Å². The third-order valence-electron chi connectivity index (χ3n) is 4.28. The van der Waals surface area contributed by atoms with Gasteiger partial charge in [0.1, 0.15) is 11.6 Å². The number of carbonyl (C=O) groups is 1. The van der Waals surface area contributed by atoms with Crippen LogP contribution in [0.15, 0.2) is 48.8 Å². The molecule has 0 aliphatic rings. The summed E-state index contributed by atoms with van der Waals surface area (Å²) in [5.74, 6) is -0.0267. The SMILES string of the molecule is CC(c1c[nH]c2ccc(F)cc12)N(C)C(=O)C=Cc1ccc(N)nc1. The van der Waals surface area contributed by atoms with Crippen LogP contribution in [0.1, 0.15) is 24.1 Å². The normalized spacial score (nSPS) is 12.6. The molecule has 2 heterocycles. The lowest BCUT2D eigenvalue weighted by molar-refractivity contribution is -0.126. The molecule has 1 aromatic carbocycles. The zero-order valence-electron chi connectivity index (χ0n) is 14.0. The summed E-state index contributed by atoms with van der Waals surface area (Å²) < 4.78 is 13.5. The number of likely N-dealkylation sites (N-methyl/N-ethyl adjacent to an activating group) is 1. The zero-order chi connectivity index (χ0) is 18.0. The Kier molecular flexibility index (Phi) is 4.52. The van der Waals surface area contributed by atoms with E-state index in [0.29, 0.717) is 5.82 Å². The number of halogens is 1. The van der Waals surface area contributed by atoms with Gasteiger partial charge in [0.25, 0.3) is 0 Å². The number of hydrogen-bond acceptors (Lipinski definition) is 3. The molecular formula is C19H19FN4O. The second-order valence-corrected chi connectivity index (χ2v) is 5.91. The highest BCUT2D eigenvalue weighted by atomic mass is 19.1. The van der Waals surface area contributed by atoms with Gasteiger partial charge in [-0.2, -0.15) is 0 Å². The average molecular weight is 338 g/mol. The van der Waals surface area contributed by atoms with Crippen molar-refractivity contribution < 1.29 is 9.18 Å². The Morgan fingerprint density at radius 1 is 1.36 bits per heavy atom. The van der Waals surface area contributed by atoms with Crippen LogP contribution in [0.5, 0.6) is 0 Å². The molecule has 25 heavy (non-hydrogen) atoms. The Morgan fingerprint density at radius 2 is 2.16 bits per heavy atom. The smallest absolute Gasteiger partial charge is 0.246 e. The summed E-state index contributed by atoms with van der Waals surface area (Å²) in [7, 11) is 1.72. The molecule has 1 atom stereocenters. The lowest BCUT2D eigenvalue weighted by Gasteiger charge is -2.23. The van der Waals surface area contributed by atoms with Crippen LogP contribution in [0.25, 0.3) is 17.0 Å². The fourth-order valence-corrected chi connectivity index (χ4v) is 2.66. The number of aromatic nitrogens is 2. The first-order valence-corrected chi connectivity index (χ1v) is 7.88. The first-order chi connectivity index (χ1) is 12.0. The second kappa shape index (κ2) is 6.76. The monoisotopic (exact) mass is 338 g/mol. The number of nitrogen functional groups attached to an aromatic ring is 1. The maximum Gasteiger partial charge on any atom is 0.246 e. The van der Waals surface area contributed by atoms with E-state index < -0.39 is 0 Å². The van der Waals surface area contributed by atoms with Crippen molar-refractivity contribution in [3.8, 4) is 0 Å². The Morgan fingerprint density at radius 3 is 2.88 bits per heavy atom. The highest BCUT2D eigenvalue weighted by Gasteiger charge is 2.19. The summed E-state index contributed by atoms with van der Waals surface area (Å²) in [6, 6.07) is 7.83. The zero-order valence-corrected chi connectivity index (χ0v) is 14.0. The van der Waals surface area contributed by atoms with Gasteiger partial charge in [-0.1, -0.05) is 0 Å². The number of carbonyl (C=O) groups excluding carboxylic acids is 1. The van der Waals surface area contributed by atoms with Crippen molar-refractivity contribution in [3.63, 3.8) is 0 Å². The van der Waals surface area contributed by atoms with Gasteiger partial charge in [-0.3, -0.25) is 4.79 Å². The summed E-state index contributed by atoms with van der Waals surface area (Å²) in [5, 5.41) is 0.777. The number of nitrogens with zero attached hydrogens (tertiary/aromatic N) is 2. The minimum absolute atomic E-state index is 0.157. The number of nitrogens with two attached hydrogens (primary N) is 1. The van der Waals surface area contributed by atoms with E-state index in [1.54, 1.807) is 42.4 Å². The van der Waals surface area contributed by atoms with E-state index in [-0.39, 0.29) is 17.8 Å². The fraction of sp³-hybridized carbons (Fsp3) is 0.158. The summed E-state index contributed by atoms with van der Waals surface area (Å²) in [5.41, 5.74) is 8.04. The lowest BCUT2D eigenvalue weighted by atomic mass is 10.1. The van der Waals surface area contributed by atoms with Gasteiger partial charge in [0.2, 0.25) is 5.91 Å². The van der Waals surface area contributed by atoms with E-state index >= 15 is 0 Å². The molecule has 0 saturated heterocycles. The topological polar surface area (TPSA) is 75.0 Å². The van der Waals surface area contributed by atoms with Crippen LogP contribution in [-0.2, 0) is 4.79 Å². The number of hydrogen-bond donors (Lipinski definition) is 2. The lowest BCUT2D eigenvalue weighted by Crippen LogP contribution is -2.27. The Balaban J connectivity index is 1.78. The molecule has 0 aliphatic heterocycles. The quantitative estimate of drug-likeness (QED) is 0.715. The molecule has 3 N–H and O–H groups in total. The number of benzene rings is 1. The minimum atomic E-state index is -0.301. The molecule has 0 fully saturated rings. The van der Waals surface area contributed by atoms with Crippen molar-refractivity contribution in [2.75, 3.05) is 12.8 Å². The van der Waals surface area contributed by atoms with E-state index in [0.717, 1.165) is 22.0 Å². The standard InChI is InChI=1S/C19H19FN4O/c1-12(16-11-22-17-6-5-14(20)9-15(16)17)24(2)19(25)8-4-13-3-7-18(21)23-10-13/h3-12,22H,1-2H3,(H2,21,23). The molecule has 1 unspecified atom stereocenters.